The Labute approximate surface area is 154 Å². The average molecular weight is 378 g/mol. The highest BCUT2D eigenvalue weighted by Gasteiger charge is 2.26. The van der Waals surface area contributed by atoms with Gasteiger partial charge in [-0.3, -0.25) is 4.99 Å². The van der Waals surface area contributed by atoms with Gasteiger partial charge in [-0.2, -0.15) is 0 Å². The fourth-order valence-electron chi connectivity index (χ4n) is 3.30. The number of halogens is 2. The summed E-state index contributed by atoms with van der Waals surface area (Å²) in [5.41, 5.74) is 10.9. The van der Waals surface area contributed by atoms with E-state index in [0.717, 1.165) is 40.0 Å². The molecule has 1 unspecified atom stereocenters. The molecule has 1 atom stereocenters. The lowest BCUT2D eigenvalue weighted by atomic mass is 9.95. The molecule has 130 valence electrons. The highest BCUT2D eigenvalue weighted by molar-refractivity contribution is 6.45. The maximum Gasteiger partial charge on any atom is 0.180 e. The predicted molar refractivity (Wildman–Crippen MR) is 101 cm³/mol. The monoisotopic (exact) mass is 377 g/mol. The van der Waals surface area contributed by atoms with Crippen molar-refractivity contribution in [3.8, 4) is 0 Å². The summed E-state index contributed by atoms with van der Waals surface area (Å²) in [6.45, 7) is 3.23. The molecule has 0 amide bonds. The van der Waals surface area contributed by atoms with Crippen LogP contribution < -0.4 is 11.1 Å². The minimum Gasteiger partial charge on any atom is -0.451 e. The molecule has 1 aliphatic heterocycles. The Balaban J connectivity index is 1.88. The van der Waals surface area contributed by atoms with E-state index in [1.807, 2.05) is 6.07 Å². The van der Waals surface area contributed by atoms with E-state index in [2.05, 4.69) is 27.2 Å². The number of aromatic amines is 1. The first-order chi connectivity index (χ1) is 12.1. The third-order valence-corrected chi connectivity index (χ3v) is 5.35. The topological polar surface area (TPSA) is 92.2 Å². The number of aliphatic imine (C=N–C) groups is 1. The summed E-state index contributed by atoms with van der Waals surface area (Å²) in [4.78, 5) is 12.0. The third kappa shape index (κ3) is 2.75. The first kappa shape index (κ1) is 16.3. The van der Waals surface area contributed by atoms with Crippen LogP contribution in [0.4, 0.5) is 5.69 Å². The number of benzene rings is 1. The Hall–Kier alpha value is -2.18. The number of hydrogen-bond acceptors (Lipinski definition) is 5. The molecular weight excluding hydrogens is 361 g/mol. The standard InChI is InChI=1S/C17H17Cl2N5O/c1-8-13-11(2-3-21-17(8)20)24-16-14(13)12(4-10(18)15(16)19)22-5-9-6-25-7-23-9/h4,6-8,22,24H,2-3,5H2,1H3,(H2,20,21). The molecule has 3 heterocycles. The smallest absolute Gasteiger partial charge is 0.180 e. The summed E-state index contributed by atoms with van der Waals surface area (Å²) in [6.07, 6.45) is 3.79. The molecule has 0 radical (unpaired) electrons. The van der Waals surface area contributed by atoms with Crippen LogP contribution in [-0.2, 0) is 13.0 Å². The molecule has 2 aromatic heterocycles. The van der Waals surface area contributed by atoms with Crippen LogP contribution in [-0.4, -0.2) is 22.3 Å². The quantitative estimate of drug-likeness (QED) is 0.640. The number of hydrogen-bond donors (Lipinski definition) is 3. The number of rotatable bonds is 3. The van der Waals surface area contributed by atoms with Gasteiger partial charge in [-0.15, -0.1) is 0 Å². The van der Waals surface area contributed by atoms with E-state index in [4.69, 9.17) is 33.4 Å². The number of amidine groups is 1. The number of fused-ring (bicyclic) bond motifs is 3. The summed E-state index contributed by atoms with van der Waals surface area (Å²) in [6, 6.07) is 1.84. The van der Waals surface area contributed by atoms with Crippen LogP contribution in [0.15, 0.2) is 28.1 Å². The molecule has 4 N–H and O–H groups in total. The van der Waals surface area contributed by atoms with Gasteiger partial charge in [-0.25, -0.2) is 4.98 Å². The Morgan fingerprint density at radius 3 is 3.04 bits per heavy atom. The first-order valence-electron chi connectivity index (χ1n) is 7.99. The lowest BCUT2D eigenvalue weighted by molar-refractivity contribution is 0.556. The van der Waals surface area contributed by atoms with Crippen molar-refractivity contribution >= 4 is 45.6 Å². The number of aromatic nitrogens is 2. The van der Waals surface area contributed by atoms with Crippen molar-refractivity contribution in [3.05, 3.63) is 45.7 Å². The van der Waals surface area contributed by atoms with Gasteiger partial charge in [0.25, 0.3) is 0 Å². The van der Waals surface area contributed by atoms with Gasteiger partial charge in [-0.1, -0.05) is 30.1 Å². The summed E-state index contributed by atoms with van der Waals surface area (Å²) >= 11 is 12.8. The molecule has 25 heavy (non-hydrogen) atoms. The second-order valence-corrected chi connectivity index (χ2v) is 6.88. The number of nitrogens with zero attached hydrogens (tertiary/aromatic N) is 2. The van der Waals surface area contributed by atoms with Gasteiger partial charge in [0.1, 0.15) is 12.1 Å². The zero-order valence-corrected chi connectivity index (χ0v) is 15.1. The molecule has 8 heteroatoms. The molecule has 0 fully saturated rings. The third-order valence-electron chi connectivity index (χ3n) is 4.57. The summed E-state index contributed by atoms with van der Waals surface area (Å²) in [7, 11) is 0. The molecule has 1 aliphatic rings. The van der Waals surface area contributed by atoms with Gasteiger partial charge in [0, 0.05) is 35.7 Å². The molecule has 4 rings (SSSR count). The van der Waals surface area contributed by atoms with Crippen molar-refractivity contribution in [1.82, 2.24) is 9.97 Å². The van der Waals surface area contributed by atoms with E-state index < -0.39 is 0 Å². The van der Waals surface area contributed by atoms with Gasteiger partial charge >= 0.3 is 0 Å². The Morgan fingerprint density at radius 1 is 1.44 bits per heavy atom. The molecule has 1 aromatic carbocycles. The highest BCUT2D eigenvalue weighted by atomic mass is 35.5. The number of anilines is 1. The average Bonchev–Trinajstić information content (AvgIpc) is 3.21. The van der Waals surface area contributed by atoms with Gasteiger partial charge in [0.15, 0.2) is 6.39 Å². The van der Waals surface area contributed by atoms with Crippen LogP contribution in [0.1, 0.15) is 29.8 Å². The molecule has 0 spiro atoms. The van der Waals surface area contributed by atoms with E-state index in [-0.39, 0.29) is 5.92 Å². The zero-order chi connectivity index (χ0) is 17.6. The van der Waals surface area contributed by atoms with Gasteiger partial charge in [0.2, 0.25) is 0 Å². The fraction of sp³-hybridized carbons (Fsp3) is 0.294. The minimum atomic E-state index is -0.00362. The summed E-state index contributed by atoms with van der Waals surface area (Å²) < 4.78 is 5.02. The number of nitrogens with one attached hydrogen (secondary N) is 2. The lowest BCUT2D eigenvalue weighted by Crippen LogP contribution is -2.19. The molecule has 0 bridgehead atoms. The van der Waals surface area contributed by atoms with Crippen molar-refractivity contribution in [2.24, 2.45) is 10.7 Å². The van der Waals surface area contributed by atoms with Crippen LogP contribution in [0.25, 0.3) is 10.9 Å². The Kier molecular flexibility index (Phi) is 4.09. The largest absolute Gasteiger partial charge is 0.451 e. The maximum atomic E-state index is 6.46. The van der Waals surface area contributed by atoms with Crippen molar-refractivity contribution in [2.45, 2.75) is 25.8 Å². The Morgan fingerprint density at radius 2 is 2.28 bits per heavy atom. The molecule has 0 aliphatic carbocycles. The normalized spacial score (nSPS) is 17.2. The van der Waals surface area contributed by atoms with E-state index in [9.17, 15) is 0 Å². The van der Waals surface area contributed by atoms with Crippen LogP contribution >= 0.6 is 23.2 Å². The molecule has 6 nitrogen and oxygen atoms in total. The Bertz CT molecular complexity index is 961. The predicted octanol–water partition coefficient (Wildman–Crippen LogP) is 4.09. The molecule has 0 saturated carbocycles. The number of nitrogens with two attached hydrogens (primary N) is 1. The van der Waals surface area contributed by atoms with E-state index in [0.29, 0.717) is 29.0 Å². The van der Waals surface area contributed by atoms with Crippen molar-refractivity contribution in [3.63, 3.8) is 0 Å². The van der Waals surface area contributed by atoms with Crippen LogP contribution in [0.3, 0.4) is 0 Å². The zero-order valence-electron chi connectivity index (χ0n) is 13.6. The van der Waals surface area contributed by atoms with Gasteiger partial charge in [-0.05, 0) is 11.6 Å². The fourth-order valence-corrected chi connectivity index (χ4v) is 3.70. The minimum absolute atomic E-state index is 0.00362. The van der Waals surface area contributed by atoms with E-state index in [1.165, 1.54) is 6.39 Å². The summed E-state index contributed by atoms with van der Waals surface area (Å²) in [5.74, 6) is 0.629. The maximum absolute atomic E-state index is 6.46. The van der Waals surface area contributed by atoms with E-state index >= 15 is 0 Å². The van der Waals surface area contributed by atoms with Crippen molar-refractivity contribution in [1.29, 1.82) is 0 Å². The van der Waals surface area contributed by atoms with Gasteiger partial charge < -0.3 is 20.5 Å². The van der Waals surface area contributed by atoms with E-state index in [1.54, 1.807) is 6.26 Å². The SMILES string of the molecule is CC1C(N)=NCCc2[nH]c3c(Cl)c(Cl)cc(NCc4cocn4)c3c21. The van der Waals surface area contributed by atoms with Crippen molar-refractivity contribution in [2.75, 3.05) is 11.9 Å². The lowest BCUT2D eigenvalue weighted by Gasteiger charge is -2.14. The molecule has 0 saturated heterocycles. The number of oxazole rings is 1. The second kappa shape index (κ2) is 6.28. The first-order valence-corrected chi connectivity index (χ1v) is 8.75. The van der Waals surface area contributed by atoms with Crippen LogP contribution in [0, 0.1) is 0 Å². The van der Waals surface area contributed by atoms with Gasteiger partial charge in [0.05, 0.1) is 27.8 Å². The highest BCUT2D eigenvalue weighted by Crippen LogP contribution is 2.42. The van der Waals surface area contributed by atoms with Crippen LogP contribution in [0.2, 0.25) is 10.0 Å². The second-order valence-electron chi connectivity index (χ2n) is 6.10. The molecular formula is C17H17Cl2N5O. The number of H-pyrrole nitrogens is 1. The van der Waals surface area contributed by atoms with Crippen molar-refractivity contribution < 1.29 is 4.42 Å². The van der Waals surface area contributed by atoms with Crippen LogP contribution in [0.5, 0.6) is 0 Å². The summed E-state index contributed by atoms with van der Waals surface area (Å²) in [5, 5.41) is 5.39. The molecule has 3 aromatic rings.